The zero-order chi connectivity index (χ0) is 13.1. The Bertz CT molecular complexity index is 524. The van der Waals surface area contributed by atoms with Gasteiger partial charge in [-0.25, -0.2) is 13.2 Å². The van der Waals surface area contributed by atoms with Gasteiger partial charge in [0.15, 0.2) is 9.84 Å². The molecule has 0 radical (unpaired) electrons. The molecule has 0 saturated heterocycles. The Morgan fingerprint density at radius 3 is 2.53 bits per heavy atom. The molecule has 94 valence electrons. The second-order valence-electron chi connectivity index (χ2n) is 3.73. The number of carbonyl (C=O) groups is 1. The molecule has 0 heterocycles. The number of nitrogens with one attached hydrogen (secondary N) is 2. The maximum absolute atomic E-state index is 11.4. The Hall–Kier alpha value is -1.56. The highest BCUT2D eigenvalue weighted by Gasteiger charge is 2.10. The summed E-state index contributed by atoms with van der Waals surface area (Å²) < 4.78 is 22.8. The van der Waals surface area contributed by atoms with E-state index >= 15 is 0 Å². The number of hydrogen-bond donors (Lipinski definition) is 2. The van der Waals surface area contributed by atoms with Crippen molar-refractivity contribution in [3.63, 3.8) is 0 Å². The van der Waals surface area contributed by atoms with Crippen LogP contribution in [0.1, 0.15) is 12.5 Å². The predicted molar refractivity (Wildman–Crippen MR) is 67.0 cm³/mol. The number of anilines is 1. The van der Waals surface area contributed by atoms with E-state index < -0.39 is 9.84 Å². The lowest BCUT2D eigenvalue weighted by molar-refractivity contribution is 0.252. The van der Waals surface area contributed by atoms with Crippen LogP contribution in [0, 0.1) is 6.92 Å². The number of aryl methyl sites for hydroxylation is 1. The lowest BCUT2D eigenvalue weighted by Gasteiger charge is -2.10. The van der Waals surface area contributed by atoms with Crippen molar-refractivity contribution in [2.24, 2.45) is 0 Å². The molecule has 17 heavy (non-hydrogen) atoms. The van der Waals surface area contributed by atoms with Crippen molar-refractivity contribution in [2.75, 3.05) is 18.1 Å². The largest absolute Gasteiger partial charge is 0.338 e. The maximum Gasteiger partial charge on any atom is 0.319 e. The van der Waals surface area contributed by atoms with Crippen LogP contribution < -0.4 is 10.6 Å². The average molecular weight is 256 g/mol. The average Bonchev–Trinajstić information content (AvgIpc) is 2.20. The summed E-state index contributed by atoms with van der Waals surface area (Å²) in [4.78, 5) is 11.5. The highest BCUT2D eigenvalue weighted by Crippen LogP contribution is 2.19. The zero-order valence-electron chi connectivity index (χ0n) is 10.1. The van der Waals surface area contributed by atoms with Crippen LogP contribution in [0.5, 0.6) is 0 Å². The van der Waals surface area contributed by atoms with Gasteiger partial charge in [-0.3, -0.25) is 0 Å². The number of carbonyl (C=O) groups excluding carboxylic acids is 1. The highest BCUT2D eigenvalue weighted by atomic mass is 32.2. The van der Waals surface area contributed by atoms with Gasteiger partial charge in [0.25, 0.3) is 0 Å². The van der Waals surface area contributed by atoms with Crippen molar-refractivity contribution in [3.05, 3.63) is 23.8 Å². The first-order valence-corrected chi connectivity index (χ1v) is 7.09. The first kappa shape index (κ1) is 13.5. The highest BCUT2D eigenvalue weighted by molar-refractivity contribution is 7.90. The van der Waals surface area contributed by atoms with Crippen LogP contribution in [-0.4, -0.2) is 27.2 Å². The number of rotatable bonds is 3. The Morgan fingerprint density at radius 2 is 2.00 bits per heavy atom. The van der Waals surface area contributed by atoms with Gasteiger partial charge in [0.2, 0.25) is 0 Å². The molecular formula is C11H16N2O3S. The Balaban J connectivity index is 3.03. The second kappa shape index (κ2) is 5.18. The molecule has 0 spiro atoms. The Labute approximate surface area is 101 Å². The Morgan fingerprint density at radius 1 is 1.35 bits per heavy atom. The minimum atomic E-state index is -3.26. The van der Waals surface area contributed by atoms with E-state index in [4.69, 9.17) is 0 Å². The van der Waals surface area contributed by atoms with Gasteiger partial charge in [0.05, 0.1) is 4.90 Å². The number of benzene rings is 1. The first-order valence-electron chi connectivity index (χ1n) is 5.20. The van der Waals surface area contributed by atoms with Crippen LogP contribution in [-0.2, 0) is 9.84 Å². The summed E-state index contributed by atoms with van der Waals surface area (Å²) in [6.07, 6.45) is 1.13. The molecule has 0 aliphatic rings. The molecule has 0 fully saturated rings. The molecule has 0 bridgehead atoms. The molecule has 0 aliphatic heterocycles. The molecule has 2 N–H and O–H groups in total. The fourth-order valence-corrected chi connectivity index (χ4v) is 1.94. The number of amides is 2. The maximum atomic E-state index is 11.4. The minimum absolute atomic E-state index is 0.190. The fourth-order valence-electron chi connectivity index (χ4n) is 1.29. The molecule has 1 rings (SSSR count). The lowest BCUT2D eigenvalue weighted by atomic mass is 10.2. The SMILES string of the molecule is CCNC(=O)Nc1cc(S(C)(=O)=O)ccc1C. The van der Waals surface area contributed by atoms with Crippen LogP contribution in [0.15, 0.2) is 23.1 Å². The van der Waals surface area contributed by atoms with Crippen LogP contribution in [0.2, 0.25) is 0 Å². The third kappa shape index (κ3) is 3.74. The molecule has 0 aliphatic carbocycles. The van der Waals surface area contributed by atoms with Gasteiger partial charge < -0.3 is 10.6 Å². The summed E-state index contributed by atoms with van der Waals surface area (Å²) in [5.41, 5.74) is 1.31. The van der Waals surface area contributed by atoms with E-state index in [0.29, 0.717) is 12.2 Å². The molecule has 0 aromatic heterocycles. The van der Waals surface area contributed by atoms with Crippen molar-refractivity contribution in [1.82, 2.24) is 5.32 Å². The van der Waals surface area contributed by atoms with Crippen LogP contribution in [0.25, 0.3) is 0 Å². The number of sulfone groups is 1. The van der Waals surface area contributed by atoms with Gasteiger partial charge in [0, 0.05) is 18.5 Å². The lowest BCUT2D eigenvalue weighted by Crippen LogP contribution is -2.28. The monoisotopic (exact) mass is 256 g/mol. The van der Waals surface area contributed by atoms with E-state index in [0.717, 1.165) is 11.8 Å². The van der Waals surface area contributed by atoms with E-state index in [2.05, 4.69) is 10.6 Å². The van der Waals surface area contributed by atoms with Crippen LogP contribution >= 0.6 is 0 Å². The summed E-state index contributed by atoms with van der Waals surface area (Å²) in [6.45, 7) is 4.11. The molecule has 0 unspecified atom stereocenters. The van der Waals surface area contributed by atoms with Gasteiger partial charge in [-0.2, -0.15) is 0 Å². The fraction of sp³-hybridized carbons (Fsp3) is 0.364. The van der Waals surface area contributed by atoms with Gasteiger partial charge in [-0.1, -0.05) is 6.07 Å². The van der Waals surface area contributed by atoms with E-state index in [9.17, 15) is 13.2 Å². The number of urea groups is 1. The second-order valence-corrected chi connectivity index (χ2v) is 5.75. The van der Waals surface area contributed by atoms with Gasteiger partial charge in [-0.15, -0.1) is 0 Å². The number of hydrogen-bond acceptors (Lipinski definition) is 3. The van der Waals surface area contributed by atoms with Crippen molar-refractivity contribution in [2.45, 2.75) is 18.7 Å². The minimum Gasteiger partial charge on any atom is -0.338 e. The molecular weight excluding hydrogens is 240 g/mol. The zero-order valence-corrected chi connectivity index (χ0v) is 10.9. The van der Waals surface area contributed by atoms with E-state index in [1.54, 1.807) is 19.9 Å². The summed E-state index contributed by atoms with van der Waals surface area (Å²) in [7, 11) is -3.26. The van der Waals surface area contributed by atoms with Crippen molar-refractivity contribution >= 4 is 21.6 Å². The quantitative estimate of drug-likeness (QED) is 0.861. The standard InChI is InChI=1S/C11H16N2O3S/c1-4-12-11(14)13-10-7-9(17(3,15)16)6-5-8(10)2/h5-7H,4H2,1-3H3,(H2,12,13,14). The normalized spacial score (nSPS) is 11.0. The van der Waals surface area contributed by atoms with Crippen molar-refractivity contribution < 1.29 is 13.2 Å². The smallest absolute Gasteiger partial charge is 0.319 e. The van der Waals surface area contributed by atoms with Gasteiger partial charge in [-0.05, 0) is 31.5 Å². The molecule has 1 aromatic rings. The summed E-state index contributed by atoms with van der Waals surface area (Å²) in [5, 5.41) is 5.19. The van der Waals surface area contributed by atoms with Crippen molar-refractivity contribution in [3.8, 4) is 0 Å². The van der Waals surface area contributed by atoms with Gasteiger partial charge in [0.1, 0.15) is 0 Å². The van der Waals surface area contributed by atoms with Gasteiger partial charge >= 0.3 is 6.03 Å². The molecule has 1 aromatic carbocycles. The molecule has 6 heteroatoms. The van der Waals surface area contributed by atoms with E-state index in [1.807, 2.05) is 0 Å². The van der Waals surface area contributed by atoms with E-state index in [1.165, 1.54) is 12.1 Å². The summed E-state index contributed by atoms with van der Waals surface area (Å²) in [5.74, 6) is 0. The van der Waals surface area contributed by atoms with Crippen LogP contribution in [0.4, 0.5) is 10.5 Å². The molecule has 5 nitrogen and oxygen atoms in total. The molecule has 0 saturated carbocycles. The van der Waals surface area contributed by atoms with Crippen molar-refractivity contribution in [1.29, 1.82) is 0 Å². The Kier molecular flexibility index (Phi) is 4.11. The topological polar surface area (TPSA) is 75.3 Å². The molecule has 2 amide bonds. The third-order valence-electron chi connectivity index (χ3n) is 2.22. The predicted octanol–water partition coefficient (Wildman–Crippen LogP) is 1.54. The summed E-state index contributed by atoms with van der Waals surface area (Å²) >= 11 is 0. The first-order chi connectivity index (χ1) is 7.84. The summed E-state index contributed by atoms with van der Waals surface area (Å²) in [6, 6.07) is 4.30. The third-order valence-corrected chi connectivity index (χ3v) is 3.33. The molecule has 0 atom stereocenters. The van der Waals surface area contributed by atoms with Crippen LogP contribution in [0.3, 0.4) is 0 Å². The van der Waals surface area contributed by atoms with E-state index in [-0.39, 0.29) is 10.9 Å².